The Bertz CT molecular complexity index is 487. The van der Waals surface area contributed by atoms with Gasteiger partial charge in [-0.2, -0.15) is 11.8 Å². The minimum atomic E-state index is -1.11. The molecule has 9 heteroatoms. The summed E-state index contributed by atoms with van der Waals surface area (Å²) in [6.45, 7) is 1.46. The van der Waals surface area contributed by atoms with Gasteiger partial charge in [-0.1, -0.05) is 5.21 Å². The molecule has 1 aliphatic heterocycles. The standard InChI is InChI=1S/C12H19N5O3S/c18-11(19)10-8-17(16-15-10)4-3-13-12(20)14-7-9-1-5-21-6-2-9/h8-9H,1-7H2,(H,18,19)(H2,13,14,20). The van der Waals surface area contributed by atoms with Crippen molar-refractivity contribution in [3.8, 4) is 0 Å². The van der Waals surface area contributed by atoms with E-state index in [1.807, 2.05) is 11.8 Å². The maximum atomic E-state index is 11.6. The van der Waals surface area contributed by atoms with E-state index in [1.165, 1.54) is 22.4 Å². The average molecular weight is 313 g/mol. The molecule has 8 nitrogen and oxygen atoms in total. The van der Waals surface area contributed by atoms with E-state index in [1.54, 1.807) is 0 Å². The first-order valence-electron chi connectivity index (χ1n) is 6.88. The first-order chi connectivity index (χ1) is 10.1. The van der Waals surface area contributed by atoms with Crippen LogP contribution in [0.15, 0.2) is 6.20 Å². The van der Waals surface area contributed by atoms with Gasteiger partial charge in [-0.25, -0.2) is 14.3 Å². The van der Waals surface area contributed by atoms with E-state index in [0.717, 1.165) is 12.8 Å². The highest BCUT2D eigenvalue weighted by Gasteiger charge is 2.14. The van der Waals surface area contributed by atoms with Crippen molar-refractivity contribution in [1.29, 1.82) is 0 Å². The quantitative estimate of drug-likeness (QED) is 0.702. The van der Waals surface area contributed by atoms with Crippen LogP contribution in [0.1, 0.15) is 23.3 Å². The first kappa shape index (κ1) is 15.6. The molecule has 0 aliphatic carbocycles. The number of amides is 2. The van der Waals surface area contributed by atoms with Gasteiger partial charge in [-0.05, 0) is 30.3 Å². The molecule has 0 atom stereocenters. The number of carbonyl (C=O) groups excluding carboxylic acids is 1. The molecule has 0 bridgehead atoms. The van der Waals surface area contributed by atoms with Gasteiger partial charge < -0.3 is 15.7 Å². The SMILES string of the molecule is O=C(NCCn1cc(C(=O)O)nn1)NCC1CCSCC1. The highest BCUT2D eigenvalue weighted by molar-refractivity contribution is 7.99. The summed E-state index contributed by atoms with van der Waals surface area (Å²) in [6.07, 6.45) is 3.64. The third kappa shape index (κ3) is 5.25. The van der Waals surface area contributed by atoms with Gasteiger partial charge in [-0.15, -0.1) is 5.10 Å². The van der Waals surface area contributed by atoms with Gasteiger partial charge in [0.1, 0.15) is 0 Å². The molecule has 1 fully saturated rings. The minimum Gasteiger partial charge on any atom is -0.476 e. The van der Waals surface area contributed by atoms with E-state index in [9.17, 15) is 9.59 Å². The lowest BCUT2D eigenvalue weighted by Crippen LogP contribution is -2.40. The smallest absolute Gasteiger partial charge is 0.358 e. The molecule has 0 radical (unpaired) electrons. The van der Waals surface area contributed by atoms with Gasteiger partial charge in [0.05, 0.1) is 12.7 Å². The summed E-state index contributed by atoms with van der Waals surface area (Å²) in [5.74, 6) is 1.81. The van der Waals surface area contributed by atoms with Gasteiger partial charge in [0.2, 0.25) is 0 Å². The first-order valence-corrected chi connectivity index (χ1v) is 8.03. The van der Waals surface area contributed by atoms with Crippen molar-refractivity contribution in [2.24, 2.45) is 5.92 Å². The summed E-state index contributed by atoms with van der Waals surface area (Å²) in [5.41, 5.74) is -0.102. The van der Waals surface area contributed by atoms with Gasteiger partial charge in [0.15, 0.2) is 5.69 Å². The lowest BCUT2D eigenvalue weighted by Gasteiger charge is -2.21. The second-order valence-corrected chi connectivity index (χ2v) is 6.09. The normalized spacial score (nSPS) is 15.6. The van der Waals surface area contributed by atoms with E-state index >= 15 is 0 Å². The van der Waals surface area contributed by atoms with E-state index in [4.69, 9.17) is 5.11 Å². The van der Waals surface area contributed by atoms with Crippen molar-refractivity contribution < 1.29 is 14.7 Å². The van der Waals surface area contributed by atoms with Crippen LogP contribution >= 0.6 is 11.8 Å². The number of aromatic nitrogens is 3. The van der Waals surface area contributed by atoms with Crippen LogP contribution in [0.25, 0.3) is 0 Å². The number of rotatable bonds is 6. The molecule has 3 N–H and O–H groups in total. The number of carbonyl (C=O) groups is 2. The largest absolute Gasteiger partial charge is 0.476 e. The molecule has 2 amide bonds. The van der Waals surface area contributed by atoms with Crippen molar-refractivity contribution >= 4 is 23.8 Å². The average Bonchev–Trinajstić information content (AvgIpc) is 2.95. The molecule has 2 heterocycles. The monoisotopic (exact) mass is 313 g/mol. The molecule has 1 aliphatic rings. The van der Waals surface area contributed by atoms with Crippen LogP contribution in [-0.2, 0) is 6.54 Å². The van der Waals surface area contributed by atoms with E-state index < -0.39 is 5.97 Å². The van der Waals surface area contributed by atoms with Crippen molar-refractivity contribution in [3.63, 3.8) is 0 Å². The van der Waals surface area contributed by atoms with Crippen LogP contribution in [0.2, 0.25) is 0 Å². The summed E-state index contributed by atoms with van der Waals surface area (Å²) >= 11 is 1.96. The Balaban J connectivity index is 1.61. The Morgan fingerprint density at radius 1 is 1.38 bits per heavy atom. The molecule has 0 unspecified atom stereocenters. The van der Waals surface area contributed by atoms with Gasteiger partial charge in [0, 0.05) is 13.1 Å². The lowest BCUT2D eigenvalue weighted by atomic mass is 10.0. The lowest BCUT2D eigenvalue weighted by molar-refractivity contribution is 0.0690. The van der Waals surface area contributed by atoms with Crippen LogP contribution in [0.4, 0.5) is 4.79 Å². The number of nitrogens with zero attached hydrogens (tertiary/aromatic N) is 3. The van der Waals surface area contributed by atoms with Crippen molar-refractivity contribution in [2.45, 2.75) is 19.4 Å². The van der Waals surface area contributed by atoms with Crippen molar-refractivity contribution in [1.82, 2.24) is 25.6 Å². The summed E-state index contributed by atoms with van der Waals surface area (Å²) in [7, 11) is 0. The Morgan fingerprint density at radius 3 is 2.81 bits per heavy atom. The molecule has 2 rings (SSSR count). The molecule has 0 aromatic carbocycles. The van der Waals surface area contributed by atoms with Crippen molar-refractivity contribution in [3.05, 3.63) is 11.9 Å². The molecule has 0 spiro atoms. The second-order valence-electron chi connectivity index (χ2n) is 4.86. The maximum absolute atomic E-state index is 11.6. The Hall–Kier alpha value is -1.77. The molecular formula is C12H19N5O3S. The predicted octanol–water partition coefficient (Wildman–Crippen LogP) is 0.419. The predicted molar refractivity (Wildman–Crippen MR) is 78.4 cm³/mol. The highest BCUT2D eigenvalue weighted by Crippen LogP contribution is 2.21. The zero-order valence-electron chi connectivity index (χ0n) is 11.6. The fourth-order valence-electron chi connectivity index (χ4n) is 2.04. The Kier molecular flexibility index (Phi) is 5.85. The van der Waals surface area contributed by atoms with Crippen molar-refractivity contribution in [2.75, 3.05) is 24.6 Å². The molecular weight excluding hydrogens is 294 g/mol. The number of hydrogen-bond acceptors (Lipinski definition) is 5. The number of hydrogen-bond donors (Lipinski definition) is 3. The highest BCUT2D eigenvalue weighted by atomic mass is 32.2. The van der Waals surface area contributed by atoms with E-state index in [0.29, 0.717) is 25.6 Å². The van der Waals surface area contributed by atoms with Crippen LogP contribution < -0.4 is 10.6 Å². The van der Waals surface area contributed by atoms with E-state index in [2.05, 4.69) is 20.9 Å². The Morgan fingerprint density at radius 2 is 2.14 bits per heavy atom. The number of carboxylic acid groups (broad SMARTS) is 1. The van der Waals surface area contributed by atoms with Crippen LogP contribution in [0.3, 0.4) is 0 Å². The summed E-state index contributed by atoms with van der Waals surface area (Å²) in [6, 6.07) is -0.202. The van der Waals surface area contributed by atoms with Crippen LogP contribution in [0, 0.1) is 5.92 Å². The zero-order valence-corrected chi connectivity index (χ0v) is 12.4. The number of urea groups is 1. The number of aromatic carboxylic acids is 1. The molecule has 1 aromatic rings. The van der Waals surface area contributed by atoms with E-state index in [-0.39, 0.29) is 11.7 Å². The summed E-state index contributed by atoms with van der Waals surface area (Å²) in [5, 5.41) is 21.4. The number of thioether (sulfide) groups is 1. The van der Waals surface area contributed by atoms with Gasteiger partial charge in [0.25, 0.3) is 0 Å². The zero-order chi connectivity index (χ0) is 15.1. The molecule has 21 heavy (non-hydrogen) atoms. The number of nitrogens with one attached hydrogen (secondary N) is 2. The molecule has 1 aromatic heterocycles. The fraction of sp³-hybridized carbons (Fsp3) is 0.667. The third-order valence-corrected chi connectivity index (χ3v) is 4.33. The Labute approximate surface area is 126 Å². The molecule has 116 valence electrons. The van der Waals surface area contributed by atoms with Crippen LogP contribution in [-0.4, -0.2) is 56.7 Å². The minimum absolute atomic E-state index is 0.102. The van der Waals surface area contributed by atoms with Crippen LogP contribution in [0.5, 0.6) is 0 Å². The summed E-state index contributed by atoms with van der Waals surface area (Å²) < 4.78 is 1.39. The maximum Gasteiger partial charge on any atom is 0.358 e. The third-order valence-electron chi connectivity index (χ3n) is 3.28. The fourth-order valence-corrected chi connectivity index (χ4v) is 3.24. The van der Waals surface area contributed by atoms with Gasteiger partial charge in [-0.3, -0.25) is 0 Å². The summed E-state index contributed by atoms with van der Waals surface area (Å²) in [4.78, 5) is 22.3. The number of carboxylic acids is 1. The molecule has 0 saturated carbocycles. The molecule has 1 saturated heterocycles. The van der Waals surface area contributed by atoms with Gasteiger partial charge >= 0.3 is 12.0 Å². The second kappa shape index (κ2) is 7.87. The topological polar surface area (TPSA) is 109 Å².